The highest BCUT2D eigenvalue weighted by molar-refractivity contribution is 5.82. The van der Waals surface area contributed by atoms with Crippen molar-refractivity contribution in [2.75, 3.05) is 5.73 Å². The van der Waals surface area contributed by atoms with E-state index in [4.69, 9.17) is 5.73 Å². The molecule has 1 atom stereocenters. The Morgan fingerprint density at radius 3 is 2.05 bits per heavy atom. The van der Waals surface area contributed by atoms with Gasteiger partial charge in [0.2, 0.25) is 0 Å². The lowest BCUT2D eigenvalue weighted by molar-refractivity contribution is -0.137. The van der Waals surface area contributed by atoms with Crippen LogP contribution in [0.2, 0.25) is 0 Å². The van der Waals surface area contributed by atoms with Crippen LogP contribution >= 0.6 is 0 Å². The van der Waals surface area contributed by atoms with Gasteiger partial charge in [-0.05, 0) is 28.7 Å². The first kappa shape index (κ1) is 14.1. The highest BCUT2D eigenvalue weighted by Crippen LogP contribution is 2.30. The van der Waals surface area contributed by atoms with E-state index in [0.29, 0.717) is 17.2 Å². The monoisotopic (exact) mass is 269 g/mol. The molecule has 0 heterocycles. The van der Waals surface area contributed by atoms with Crippen LogP contribution in [0.15, 0.2) is 48.5 Å². The van der Waals surface area contributed by atoms with E-state index in [2.05, 4.69) is 13.8 Å². The van der Waals surface area contributed by atoms with E-state index in [1.54, 1.807) is 18.2 Å². The summed E-state index contributed by atoms with van der Waals surface area (Å²) in [6.07, 6.45) is 0. The van der Waals surface area contributed by atoms with E-state index in [1.165, 1.54) is 5.56 Å². The van der Waals surface area contributed by atoms with Gasteiger partial charge in [0.05, 0.1) is 0 Å². The lowest BCUT2D eigenvalue weighted by atomic mass is 9.89. The van der Waals surface area contributed by atoms with Crippen LogP contribution in [-0.2, 0) is 4.79 Å². The van der Waals surface area contributed by atoms with Crippen molar-refractivity contribution in [1.82, 2.24) is 0 Å². The second-order valence-corrected chi connectivity index (χ2v) is 5.22. The number of benzene rings is 2. The molecule has 20 heavy (non-hydrogen) atoms. The van der Waals surface area contributed by atoms with Gasteiger partial charge in [0.25, 0.3) is 0 Å². The number of carboxylic acid groups (broad SMARTS) is 1. The summed E-state index contributed by atoms with van der Waals surface area (Å²) in [6.45, 7) is 4.22. The highest BCUT2D eigenvalue weighted by Gasteiger charge is 2.23. The van der Waals surface area contributed by atoms with Crippen LogP contribution in [0.25, 0.3) is 0 Å². The van der Waals surface area contributed by atoms with Crippen molar-refractivity contribution in [2.24, 2.45) is 0 Å². The number of hydrogen-bond donors (Lipinski definition) is 2. The third-order valence-electron chi connectivity index (χ3n) is 3.49. The first-order valence-corrected chi connectivity index (χ1v) is 6.67. The molecule has 2 rings (SSSR count). The van der Waals surface area contributed by atoms with E-state index >= 15 is 0 Å². The van der Waals surface area contributed by atoms with Gasteiger partial charge in [0, 0.05) is 5.69 Å². The number of nitrogens with two attached hydrogens (primary N) is 1. The summed E-state index contributed by atoms with van der Waals surface area (Å²) in [5.74, 6) is -1.19. The van der Waals surface area contributed by atoms with E-state index in [0.717, 1.165) is 5.56 Å². The number of nitrogen functional groups attached to an aromatic ring is 1. The third-order valence-corrected chi connectivity index (χ3v) is 3.49. The number of aliphatic carboxylic acids is 1. The maximum Gasteiger partial charge on any atom is 0.315 e. The van der Waals surface area contributed by atoms with Crippen molar-refractivity contribution in [3.05, 3.63) is 65.2 Å². The molecule has 2 aromatic carbocycles. The highest BCUT2D eigenvalue weighted by atomic mass is 16.4. The van der Waals surface area contributed by atoms with Gasteiger partial charge in [-0.3, -0.25) is 4.79 Å². The Balaban J connectivity index is 2.44. The van der Waals surface area contributed by atoms with Crippen LogP contribution in [-0.4, -0.2) is 11.1 Å². The van der Waals surface area contributed by atoms with Crippen LogP contribution < -0.4 is 5.73 Å². The number of rotatable bonds is 4. The molecule has 3 heteroatoms. The third kappa shape index (κ3) is 2.82. The molecular weight excluding hydrogens is 250 g/mol. The van der Waals surface area contributed by atoms with Crippen LogP contribution in [0.3, 0.4) is 0 Å². The SMILES string of the molecule is CC(C)c1ccc(C(C(=O)O)c2ccccc2N)cc1. The molecule has 0 spiro atoms. The van der Waals surface area contributed by atoms with Gasteiger partial charge < -0.3 is 10.8 Å². The van der Waals surface area contributed by atoms with Gasteiger partial charge in [-0.1, -0.05) is 56.3 Å². The minimum absolute atomic E-state index is 0.425. The Morgan fingerprint density at radius 1 is 1.00 bits per heavy atom. The molecule has 2 aromatic rings. The Kier molecular flexibility index (Phi) is 4.08. The summed E-state index contributed by atoms with van der Waals surface area (Å²) in [7, 11) is 0. The first-order valence-electron chi connectivity index (χ1n) is 6.67. The summed E-state index contributed by atoms with van der Waals surface area (Å²) >= 11 is 0. The van der Waals surface area contributed by atoms with Crippen molar-refractivity contribution < 1.29 is 9.90 Å². The molecule has 0 radical (unpaired) electrons. The molecule has 104 valence electrons. The summed E-state index contributed by atoms with van der Waals surface area (Å²) in [4.78, 5) is 11.6. The standard InChI is InChI=1S/C17H19NO2/c1-11(2)12-7-9-13(10-8-12)16(17(19)20)14-5-3-4-6-15(14)18/h3-11,16H,18H2,1-2H3,(H,19,20). The number of anilines is 1. The van der Waals surface area contributed by atoms with E-state index < -0.39 is 11.9 Å². The van der Waals surface area contributed by atoms with Crippen LogP contribution in [0, 0.1) is 0 Å². The smallest absolute Gasteiger partial charge is 0.315 e. The Labute approximate surface area is 119 Å². The van der Waals surface area contributed by atoms with Crippen molar-refractivity contribution in [1.29, 1.82) is 0 Å². The Hall–Kier alpha value is -2.29. The van der Waals surface area contributed by atoms with E-state index in [1.807, 2.05) is 30.3 Å². The molecule has 0 saturated heterocycles. The normalized spacial score (nSPS) is 12.3. The Bertz CT molecular complexity index is 603. The van der Waals surface area contributed by atoms with Gasteiger partial charge in [0.15, 0.2) is 0 Å². The summed E-state index contributed by atoms with van der Waals surface area (Å²) < 4.78 is 0. The largest absolute Gasteiger partial charge is 0.481 e. The summed E-state index contributed by atoms with van der Waals surface area (Å²) in [5.41, 5.74) is 9.00. The average molecular weight is 269 g/mol. The lowest BCUT2D eigenvalue weighted by Gasteiger charge is -2.16. The van der Waals surface area contributed by atoms with Crippen molar-refractivity contribution in [3.63, 3.8) is 0 Å². The molecule has 0 aromatic heterocycles. The number of hydrogen-bond acceptors (Lipinski definition) is 2. The number of carbonyl (C=O) groups is 1. The second kappa shape index (κ2) is 5.78. The minimum atomic E-state index is -0.889. The number of para-hydroxylation sites is 1. The van der Waals surface area contributed by atoms with Crippen LogP contribution in [0.4, 0.5) is 5.69 Å². The zero-order valence-corrected chi connectivity index (χ0v) is 11.7. The van der Waals surface area contributed by atoms with Crippen LogP contribution in [0.1, 0.15) is 42.4 Å². The fourth-order valence-corrected chi connectivity index (χ4v) is 2.30. The maximum absolute atomic E-state index is 11.6. The molecule has 0 saturated carbocycles. The zero-order chi connectivity index (χ0) is 14.7. The van der Waals surface area contributed by atoms with E-state index in [9.17, 15) is 9.90 Å². The Morgan fingerprint density at radius 2 is 1.55 bits per heavy atom. The molecule has 0 aliphatic carbocycles. The molecule has 3 nitrogen and oxygen atoms in total. The van der Waals surface area contributed by atoms with Gasteiger partial charge in [0.1, 0.15) is 5.92 Å². The van der Waals surface area contributed by atoms with Crippen molar-refractivity contribution >= 4 is 11.7 Å². The predicted octanol–water partition coefficient (Wildman–Crippen LogP) is 3.61. The molecule has 0 bridgehead atoms. The van der Waals surface area contributed by atoms with Crippen molar-refractivity contribution in [3.8, 4) is 0 Å². The fraction of sp³-hybridized carbons (Fsp3) is 0.235. The van der Waals surface area contributed by atoms with E-state index in [-0.39, 0.29) is 0 Å². The molecule has 0 aliphatic heterocycles. The fourth-order valence-electron chi connectivity index (χ4n) is 2.30. The lowest BCUT2D eigenvalue weighted by Crippen LogP contribution is -2.14. The topological polar surface area (TPSA) is 63.3 Å². The average Bonchev–Trinajstić information content (AvgIpc) is 2.41. The quantitative estimate of drug-likeness (QED) is 0.833. The molecule has 1 unspecified atom stereocenters. The molecule has 3 N–H and O–H groups in total. The van der Waals surface area contributed by atoms with Crippen LogP contribution in [0.5, 0.6) is 0 Å². The summed E-state index contributed by atoms with van der Waals surface area (Å²) in [6, 6.07) is 14.8. The second-order valence-electron chi connectivity index (χ2n) is 5.22. The predicted molar refractivity (Wildman–Crippen MR) is 80.9 cm³/mol. The minimum Gasteiger partial charge on any atom is -0.481 e. The van der Waals surface area contributed by atoms with Gasteiger partial charge in [-0.25, -0.2) is 0 Å². The molecular formula is C17H19NO2. The molecule has 0 amide bonds. The van der Waals surface area contributed by atoms with Gasteiger partial charge in [-0.2, -0.15) is 0 Å². The maximum atomic E-state index is 11.6. The summed E-state index contributed by atoms with van der Waals surface area (Å²) in [5, 5.41) is 9.53. The van der Waals surface area contributed by atoms with Gasteiger partial charge >= 0.3 is 5.97 Å². The number of carboxylic acids is 1. The first-order chi connectivity index (χ1) is 9.50. The molecule has 0 aliphatic rings. The molecule has 0 fully saturated rings. The van der Waals surface area contributed by atoms with Gasteiger partial charge in [-0.15, -0.1) is 0 Å². The van der Waals surface area contributed by atoms with Crippen molar-refractivity contribution in [2.45, 2.75) is 25.7 Å². The zero-order valence-electron chi connectivity index (χ0n) is 11.7.